The quantitative estimate of drug-likeness (QED) is 0.309. The van der Waals surface area contributed by atoms with E-state index in [1.54, 1.807) is 24.3 Å². The second-order valence-corrected chi connectivity index (χ2v) is 9.56. The Hall–Kier alpha value is -3.41. The van der Waals surface area contributed by atoms with Crippen molar-refractivity contribution in [1.29, 1.82) is 0 Å². The van der Waals surface area contributed by atoms with Crippen LogP contribution in [0.4, 0.5) is 0 Å². The third-order valence-electron chi connectivity index (χ3n) is 5.61. The lowest BCUT2D eigenvalue weighted by Crippen LogP contribution is -2.20. The smallest absolute Gasteiger partial charge is 0.189 e. The van der Waals surface area contributed by atoms with Crippen LogP contribution in [0.3, 0.4) is 0 Å². The fraction of sp³-hybridized carbons (Fsp3) is 0.300. The number of rotatable bonds is 10. The van der Waals surface area contributed by atoms with Gasteiger partial charge in [-0.3, -0.25) is 4.79 Å². The molecular formula is C30H36N2O3. The van der Waals surface area contributed by atoms with Gasteiger partial charge in [0, 0.05) is 18.7 Å². The molecule has 0 aromatic heterocycles. The number of carbonyl (C=O) groups is 1. The minimum absolute atomic E-state index is 0.127. The van der Waals surface area contributed by atoms with Crippen molar-refractivity contribution in [3.8, 4) is 22.6 Å². The summed E-state index contributed by atoms with van der Waals surface area (Å²) in [6, 6.07) is 17.6. The lowest BCUT2D eigenvalue weighted by Gasteiger charge is -2.15. The predicted molar refractivity (Wildman–Crippen MR) is 144 cm³/mol. The Morgan fingerprint density at radius 1 is 0.886 bits per heavy atom. The molecule has 0 fully saturated rings. The van der Waals surface area contributed by atoms with Crippen LogP contribution in [0.15, 0.2) is 60.7 Å². The molecule has 0 radical (unpaired) electrons. The maximum Gasteiger partial charge on any atom is 0.189 e. The molecule has 184 valence electrons. The van der Waals surface area contributed by atoms with Crippen molar-refractivity contribution in [2.45, 2.75) is 20.4 Å². The molecule has 0 saturated carbocycles. The van der Waals surface area contributed by atoms with E-state index in [1.807, 2.05) is 62.3 Å². The number of hydrogen-bond acceptors (Lipinski definition) is 5. The van der Waals surface area contributed by atoms with Gasteiger partial charge in [-0.15, -0.1) is 0 Å². The first-order chi connectivity index (χ1) is 16.6. The molecule has 0 bridgehead atoms. The summed E-state index contributed by atoms with van der Waals surface area (Å²) in [6.07, 6.45) is 3.36. The molecule has 0 saturated heterocycles. The van der Waals surface area contributed by atoms with Crippen molar-refractivity contribution in [3.63, 3.8) is 0 Å². The van der Waals surface area contributed by atoms with Crippen LogP contribution in [-0.4, -0.2) is 62.0 Å². The molecule has 0 aliphatic carbocycles. The van der Waals surface area contributed by atoms with E-state index >= 15 is 0 Å². The first-order valence-corrected chi connectivity index (χ1v) is 11.8. The van der Waals surface area contributed by atoms with Crippen LogP contribution >= 0.6 is 0 Å². The van der Waals surface area contributed by atoms with Gasteiger partial charge in [-0.25, -0.2) is 0 Å². The van der Waals surface area contributed by atoms with Gasteiger partial charge in [0.25, 0.3) is 0 Å². The maximum atomic E-state index is 13.3. The van der Waals surface area contributed by atoms with E-state index in [-0.39, 0.29) is 11.5 Å². The molecule has 0 spiro atoms. The van der Waals surface area contributed by atoms with Crippen LogP contribution in [0.5, 0.6) is 11.5 Å². The van der Waals surface area contributed by atoms with Crippen molar-refractivity contribution in [1.82, 2.24) is 9.80 Å². The Morgan fingerprint density at radius 2 is 1.60 bits per heavy atom. The topological polar surface area (TPSA) is 53.0 Å². The van der Waals surface area contributed by atoms with Crippen molar-refractivity contribution in [2.75, 3.05) is 41.3 Å². The number of benzene rings is 3. The average Bonchev–Trinajstić information content (AvgIpc) is 2.78. The number of phenols is 1. The van der Waals surface area contributed by atoms with Crippen LogP contribution in [-0.2, 0) is 6.54 Å². The summed E-state index contributed by atoms with van der Waals surface area (Å²) in [6.45, 7) is 6.01. The van der Waals surface area contributed by atoms with Gasteiger partial charge >= 0.3 is 0 Å². The van der Waals surface area contributed by atoms with Crippen LogP contribution in [0.25, 0.3) is 17.2 Å². The highest BCUT2D eigenvalue weighted by Crippen LogP contribution is 2.29. The molecule has 0 atom stereocenters. The van der Waals surface area contributed by atoms with Gasteiger partial charge in [-0.2, -0.15) is 0 Å². The number of ketones is 1. The summed E-state index contributed by atoms with van der Waals surface area (Å²) in [4.78, 5) is 17.4. The zero-order chi connectivity index (χ0) is 25.5. The molecule has 35 heavy (non-hydrogen) atoms. The number of nitrogens with zero attached hydrogens (tertiary/aromatic N) is 2. The van der Waals surface area contributed by atoms with Crippen LogP contribution in [0.1, 0.15) is 32.6 Å². The monoisotopic (exact) mass is 472 g/mol. The zero-order valence-corrected chi connectivity index (χ0v) is 21.6. The summed E-state index contributed by atoms with van der Waals surface area (Å²) >= 11 is 0. The third-order valence-corrected chi connectivity index (χ3v) is 5.61. The van der Waals surface area contributed by atoms with Gasteiger partial charge in [-0.1, -0.05) is 47.5 Å². The molecule has 0 aliphatic heterocycles. The van der Waals surface area contributed by atoms with Crippen molar-refractivity contribution in [2.24, 2.45) is 0 Å². The number of likely N-dealkylation sites (N-methyl/N-ethyl adjacent to an activating group) is 1. The zero-order valence-electron chi connectivity index (χ0n) is 21.6. The molecule has 3 aromatic rings. The standard InChI is InChI=1S/C30H36N2O3/c1-21-15-22(2)17-25(16-21)24-9-12-30(35-14-13-31(3)4)27(19-24)29(34)11-8-23-7-10-28(33)26(18-23)20-32(5)6/h7-12,15-19,33H,13-14,20H2,1-6H3/b11-8+. The predicted octanol–water partition coefficient (Wildman–Crippen LogP) is 5.57. The van der Waals surface area contributed by atoms with Gasteiger partial charge in [0.05, 0.1) is 5.56 Å². The first kappa shape index (κ1) is 26.2. The number of ether oxygens (including phenoxy) is 1. The number of aromatic hydroxyl groups is 1. The highest BCUT2D eigenvalue weighted by atomic mass is 16.5. The summed E-state index contributed by atoms with van der Waals surface area (Å²) in [5.41, 5.74) is 6.62. The van der Waals surface area contributed by atoms with Crippen molar-refractivity contribution >= 4 is 11.9 Å². The Balaban J connectivity index is 1.94. The number of hydrogen-bond donors (Lipinski definition) is 1. The Bertz CT molecular complexity index is 1190. The molecule has 3 aromatic carbocycles. The minimum Gasteiger partial charge on any atom is -0.508 e. The SMILES string of the molecule is Cc1cc(C)cc(-c2ccc(OCCN(C)C)c(C(=O)/C=C/c3ccc(O)c(CN(C)C)c3)c2)c1. The molecule has 3 rings (SSSR count). The molecular weight excluding hydrogens is 436 g/mol. The molecule has 5 heteroatoms. The van der Waals surface area contributed by atoms with Gasteiger partial charge in [0.15, 0.2) is 5.78 Å². The average molecular weight is 473 g/mol. The molecule has 0 unspecified atom stereocenters. The van der Waals surface area contributed by atoms with E-state index < -0.39 is 0 Å². The van der Waals surface area contributed by atoms with E-state index in [0.29, 0.717) is 24.5 Å². The normalized spacial score (nSPS) is 11.5. The number of allylic oxidation sites excluding steroid dienone is 1. The van der Waals surface area contributed by atoms with E-state index in [2.05, 4.69) is 32.0 Å². The lowest BCUT2D eigenvalue weighted by atomic mass is 9.97. The Kier molecular flexibility index (Phi) is 8.85. The molecule has 0 heterocycles. The van der Waals surface area contributed by atoms with Crippen molar-refractivity contribution in [3.05, 3.63) is 88.5 Å². The summed E-state index contributed by atoms with van der Waals surface area (Å²) in [5, 5.41) is 10.1. The summed E-state index contributed by atoms with van der Waals surface area (Å²) in [7, 11) is 7.88. The van der Waals surface area contributed by atoms with Gasteiger partial charge in [-0.05, 0) is 89.1 Å². The van der Waals surface area contributed by atoms with E-state index in [0.717, 1.165) is 28.8 Å². The molecule has 0 amide bonds. The van der Waals surface area contributed by atoms with Crippen LogP contribution < -0.4 is 4.74 Å². The minimum atomic E-state index is -0.127. The third kappa shape index (κ3) is 7.54. The highest BCUT2D eigenvalue weighted by molar-refractivity contribution is 6.09. The van der Waals surface area contributed by atoms with Crippen molar-refractivity contribution < 1.29 is 14.6 Å². The number of phenolic OH excluding ortho intramolecular Hbond substituents is 1. The van der Waals surface area contributed by atoms with E-state index in [9.17, 15) is 9.90 Å². The molecule has 5 nitrogen and oxygen atoms in total. The van der Waals surface area contributed by atoms with Crippen LogP contribution in [0, 0.1) is 13.8 Å². The fourth-order valence-corrected chi connectivity index (χ4v) is 3.95. The largest absolute Gasteiger partial charge is 0.508 e. The van der Waals surface area contributed by atoms with Gasteiger partial charge < -0.3 is 19.6 Å². The maximum absolute atomic E-state index is 13.3. The van der Waals surface area contributed by atoms with E-state index in [4.69, 9.17) is 4.74 Å². The van der Waals surface area contributed by atoms with Gasteiger partial charge in [0.1, 0.15) is 18.1 Å². The lowest BCUT2D eigenvalue weighted by molar-refractivity contribution is 0.104. The highest BCUT2D eigenvalue weighted by Gasteiger charge is 2.14. The first-order valence-electron chi connectivity index (χ1n) is 11.8. The second kappa shape index (κ2) is 11.8. The second-order valence-electron chi connectivity index (χ2n) is 9.56. The van der Waals surface area contributed by atoms with Crippen LogP contribution in [0.2, 0.25) is 0 Å². The summed E-state index contributed by atoms with van der Waals surface area (Å²) in [5.74, 6) is 0.701. The Morgan fingerprint density at radius 3 is 2.26 bits per heavy atom. The fourth-order valence-electron chi connectivity index (χ4n) is 3.95. The molecule has 1 N–H and O–H groups in total. The summed E-state index contributed by atoms with van der Waals surface area (Å²) < 4.78 is 6.00. The van der Waals surface area contributed by atoms with E-state index in [1.165, 1.54) is 11.1 Å². The number of carbonyl (C=O) groups excluding carboxylic acids is 1. The van der Waals surface area contributed by atoms with Gasteiger partial charge in [0.2, 0.25) is 0 Å². The molecule has 0 aliphatic rings. The Labute approximate surface area is 209 Å². The number of aryl methyl sites for hydroxylation is 2.